The van der Waals surface area contributed by atoms with Crippen LogP contribution in [0.4, 0.5) is 0 Å². The highest BCUT2D eigenvalue weighted by Gasteiger charge is 2.30. The molecule has 8 nitrogen and oxygen atoms in total. The molecule has 1 atom stereocenters. The average molecular weight is 366 g/mol. The standard InChI is InChI=1S/C16H22N4O4S/c1-12-10-19(7-5-17-12)16(22)13-3-2-4-14(9-13)25(23,24)20-8-6-18-15(21)11-20/h2-4,9,12,17H,5-8,10-11H2,1H3,(H,18,21). The second-order valence-corrected chi connectivity index (χ2v) is 8.26. The lowest BCUT2D eigenvalue weighted by molar-refractivity contribution is -0.122. The molecule has 2 fully saturated rings. The van der Waals surface area contributed by atoms with E-state index < -0.39 is 10.0 Å². The van der Waals surface area contributed by atoms with Crippen LogP contribution in [-0.2, 0) is 14.8 Å². The van der Waals surface area contributed by atoms with Gasteiger partial charge in [0, 0.05) is 44.3 Å². The van der Waals surface area contributed by atoms with E-state index in [9.17, 15) is 18.0 Å². The molecule has 0 spiro atoms. The van der Waals surface area contributed by atoms with Crippen LogP contribution in [0.2, 0.25) is 0 Å². The van der Waals surface area contributed by atoms with Crippen LogP contribution in [-0.4, -0.2) is 74.7 Å². The van der Waals surface area contributed by atoms with E-state index in [1.807, 2.05) is 6.92 Å². The first kappa shape index (κ1) is 17.8. The van der Waals surface area contributed by atoms with E-state index in [1.165, 1.54) is 12.1 Å². The molecule has 25 heavy (non-hydrogen) atoms. The molecule has 1 aromatic rings. The van der Waals surface area contributed by atoms with Gasteiger partial charge in [-0.25, -0.2) is 8.42 Å². The number of carbonyl (C=O) groups excluding carboxylic acids is 2. The number of hydrogen-bond acceptors (Lipinski definition) is 5. The molecular formula is C16H22N4O4S. The average Bonchev–Trinajstić information content (AvgIpc) is 2.61. The fraction of sp³-hybridized carbons (Fsp3) is 0.500. The molecule has 2 saturated heterocycles. The molecule has 0 radical (unpaired) electrons. The molecule has 9 heteroatoms. The lowest BCUT2D eigenvalue weighted by atomic mass is 10.1. The number of benzene rings is 1. The van der Waals surface area contributed by atoms with Gasteiger partial charge < -0.3 is 15.5 Å². The predicted octanol–water partition coefficient (Wildman–Crippen LogP) is -0.759. The zero-order valence-electron chi connectivity index (χ0n) is 14.1. The molecule has 0 aliphatic carbocycles. The van der Waals surface area contributed by atoms with Gasteiger partial charge in [-0.15, -0.1) is 0 Å². The Morgan fingerprint density at radius 3 is 2.76 bits per heavy atom. The van der Waals surface area contributed by atoms with Gasteiger partial charge in [0.15, 0.2) is 0 Å². The minimum Gasteiger partial charge on any atom is -0.354 e. The van der Waals surface area contributed by atoms with Crippen molar-refractivity contribution in [3.8, 4) is 0 Å². The molecule has 0 saturated carbocycles. The van der Waals surface area contributed by atoms with Crippen LogP contribution in [0.1, 0.15) is 17.3 Å². The highest BCUT2D eigenvalue weighted by Crippen LogP contribution is 2.19. The van der Waals surface area contributed by atoms with E-state index in [4.69, 9.17) is 0 Å². The highest BCUT2D eigenvalue weighted by molar-refractivity contribution is 7.89. The molecule has 1 aromatic carbocycles. The zero-order valence-corrected chi connectivity index (χ0v) is 14.9. The van der Waals surface area contributed by atoms with Crippen LogP contribution in [0.5, 0.6) is 0 Å². The van der Waals surface area contributed by atoms with E-state index in [1.54, 1.807) is 17.0 Å². The van der Waals surface area contributed by atoms with Crippen LogP contribution in [0, 0.1) is 0 Å². The molecule has 2 heterocycles. The molecule has 1 unspecified atom stereocenters. The Labute approximate surface area is 147 Å². The monoisotopic (exact) mass is 366 g/mol. The first-order valence-corrected chi connectivity index (χ1v) is 9.71. The lowest BCUT2D eigenvalue weighted by Gasteiger charge is -2.32. The van der Waals surface area contributed by atoms with E-state index >= 15 is 0 Å². The molecule has 2 aliphatic rings. The summed E-state index contributed by atoms with van der Waals surface area (Å²) < 4.78 is 26.6. The number of amides is 2. The van der Waals surface area contributed by atoms with Crippen molar-refractivity contribution in [3.63, 3.8) is 0 Å². The summed E-state index contributed by atoms with van der Waals surface area (Å²) in [5.41, 5.74) is 0.344. The van der Waals surface area contributed by atoms with Crippen LogP contribution < -0.4 is 10.6 Å². The molecular weight excluding hydrogens is 344 g/mol. The highest BCUT2D eigenvalue weighted by atomic mass is 32.2. The Hall–Kier alpha value is -1.97. The Bertz CT molecular complexity index is 780. The summed E-state index contributed by atoms with van der Waals surface area (Å²) in [5, 5.41) is 5.87. The predicted molar refractivity (Wildman–Crippen MR) is 91.6 cm³/mol. The number of rotatable bonds is 3. The maximum atomic E-state index is 12.7. The van der Waals surface area contributed by atoms with Crippen molar-refractivity contribution in [1.29, 1.82) is 0 Å². The Morgan fingerprint density at radius 1 is 1.24 bits per heavy atom. The van der Waals surface area contributed by atoms with E-state index in [2.05, 4.69) is 10.6 Å². The van der Waals surface area contributed by atoms with Crippen LogP contribution >= 0.6 is 0 Å². The Morgan fingerprint density at radius 2 is 2.04 bits per heavy atom. The van der Waals surface area contributed by atoms with Gasteiger partial charge in [0.2, 0.25) is 15.9 Å². The maximum absolute atomic E-state index is 12.7. The van der Waals surface area contributed by atoms with Gasteiger partial charge in [-0.1, -0.05) is 6.07 Å². The Balaban J connectivity index is 1.83. The van der Waals surface area contributed by atoms with Crippen LogP contribution in [0.3, 0.4) is 0 Å². The first-order valence-electron chi connectivity index (χ1n) is 8.27. The maximum Gasteiger partial charge on any atom is 0.253 e. The van der Waals surface area contributed by atoms with Gasteiger partial charge in [-0.05, 0) is 25.1 Å². The zero-order chi connectivity index (χ0) is 18.0. The summed E-state index contributed by atoms with van der Waals surface area (Å²) in [6.45, 7) is 4.21. The lowest BCUT2D eigenvalue weighted by Crippen LogP contribution is -2.51. The minimum absolute atomic E-state index is 0.0382. The van der Waals surface area contributed by atoms with E-state index in [-0.39, 0.29) is 42.4 Å². The van der Waals surface area contributed by atoms with Crippen molar-refractivity contribution >= 4 is 21.8 Å². The van der Waals surface area contributed by atoms with Gasteiger partial charge >= 0.3 is 0 Å². The number of nitrogens with one attached hydrogen (secondary N) is 2. The van der Waals surface area contributed by atoms with Crippen LogP contribution in [0.25, 0.3) is 0 Å². The SMILES string of the molecule is CC1CN(C(=O)c2cccc(S(=O)(=O)N3CCNC(=O)C3)c2)CCN1. The van der Waals surface area contributed by atoms with Crippen molar-refractivity contribution in [2.45, 2.75) is 17.9 Å². The summed E-state index contributed by atoms with van der Waals surface area (Å²) in [6.07, 6.45) is 0. The quantitative estimate of drug-likeness (QED) is 0.733. The molecule has 136 valence electrons. The smallest absolute Gasteiger partial charge is 0.253 e. The second-order valence-electron chi connectivity index (χ2n) is 6.32. The van der Waals surface area contributed by atoms with Crippen LogP contribution in [0.15, 0.2) is 29.2 Å². The molecule has 2 N–H and O–H groups in total. The number of nitrogens with zero attached hydrogens (tertiary/aromatic N) is 2. The third-order valence-electron chi connectivity index (χ3n) is 4.38. The van der Waals surface area contributed by atoms with Crippen molar-refractivity contribution in [3.05, 3.63) is 29.8 Å². The summed E-state index contributed by atoms with van der Waals surface area (Å²) >= 11 is 0. The topological polar surface area (TPSA) is 98.8 Å². The molecule has 2 aliphatic heterocycles. The van der Waals surface area contributed by atoms with Gasteiger partial charge in [0.05, 0.1) is 11.4 Å². The van der Waals surface area contributed by atoms with Gasteiger partial charge in [-0.3, -0.25) is 9.59 Å². The van der Waals surface area contributed by atoms with Crippen molar-refractivity contribution < 1.29 is 18.0 Å². The van der Waals surface area contributed by atoms with Crippen molar-refractivity contribution in [2.75, 3.05) is 39.3 Å². The van der Waals surface area contributed by atoms with E-state index in [0.717, 1.165) is 4.31 Å². The molecule has 2 amide bonds. The second kappa shape index (κ2) is 7.11. The Kier molecular flexibility index (Phi) is 5.07. The summed E-state index contributed by atoms with van der Waals surface area (Å²) in [4.78, 5) is 25.9. The third kappa shape index (κ3) is 3.83. The van der Waals surface area contributed by atoms with Crippen molar-refractivity contribution in [2.24, 2.45) is 0 Å². The molecule has 0 aromatic heterocycles. The van der Waals surface area contributed by atoms with Gasteiger partial charge in [0.1, 0.15) is 0 Å². The van der Waals surface area contributed by atoms with E-state index in [0.29, 0.717) is 25.2 Å². The summed E-state index contributed by atoms with van der Waals surface area (Å²) in [7, 11) is -3.80. The molecule has 0 bridgehead atoms. The summed E-state index contributed by atoms with van der Waals surface area (Å²) in [5.74, 6) is -0.501. The largest absolute Gasteiger partial charge is 0.354 e. The number of hydrogen-bond donors (Lipinski definition) is 2. The number of carbonyl (C=O) groups is 2. The minimum atomic E-state index is -3.80. The normalized spacial score (nSPS) is 22.5. The molecule has 3 rings (SSSR count). The summed E-state index contributed by atoms with van der Waals surface area (Å²) in [6, 6.07) is 6.25. The van der Waals surface area contributed by atoms with Crippen molar-refractivity contribution in [1.82, 2.24) is 19.8 Å². The fourth-order valence-corrected chi connectivity index (χ4v) is 4.50. The third-order valence-corrected chi connectivity index (χ3v) is 6.22. The van der Waals surface area contributed by atoms with Gasteiger partial charge in [-0.2, -0.15) is 4.31 Å². The number of piperazine rings is 2. The first-order chi connectivity index (χ1) is 11.9. The fourth-order valence-electron chi connectivity index (χ4n) is 3.06. The number of sulfonamides is 1. The van der Waals surface area contributed by atoms with Gasteiger partial charge in [0.25, 0.3) is 5.91 Å².